The van der Waals surface area contributed by atoms with Crippen LogP contribution in [0.25, 0.3) is 9.88 Å². The van der Waals surface area contributed by atoms with Gasteiger partial charge in [-0.15, -0.1) is 22.7 Å². The first-order valence-electron chi connectivity index (χ1n) is 5.83. The van der Waals surface area contributed by atoms with Gasteiger partial charge in [-0.1, -0.05) is 6.07 Å². The number of carbonyl (C=O) groups excluding carboxylic acids is 2. The number of rotatable bonds is 6. The van der Waals surface area contributed by atoms with Crippen LogP contribution in [0.1, 0.15) is 30.3 Å². The molecule has 0 aromatic carbocycles. The molecule has 0 saturated carbocycles. The average Bonchev–Trinajstić information content (AvgIpc) is 3.03. The number of ketones is 1. The van der Waals surface area contributed by atoms with Crippen molar-refractivity contribution in [3.05, 3.63) is 28.6 Å². The molecule has 2 aromatic heterocycles. The summed E-state index contributed by atoms with van der Waals surface area (Å²) in [6.07, 6.45) is 0.994. The molecule has 0 atom stereocenters. The highest BCUT2D eigenvalue weighted by atomic mass is 32.1. The predicted octanol–water partition coefficient (Wildman–Crippen LogP) is 3.40. The van der Waals surface area contributed by atoms with Gasteiger partial charge in [-0.3, -0.25) is 0 Å². The Balaban J connectivity index is 1.88. The van der Waals surface area contributed by atoms with Crippen LogP contribution < -0.4 is 0 Å². The first-order chi connectivity index (χ1) is 9.16. The molecule has 0 spiro atoms. The fraction of sp³-hybridized carbons (Fsp3) is 0.308. The van der Waals surface area contributed by atoms with E-state index in [0.717, 1.165) is 9.88 Å². The van der Waals surface area contributed by atoms with Gasteiger partial charge >= 0.3 is 5.97 Å². The minimum absolute atomic E-state index is 0.102. The molecule has 2 heterocycles. The summed E-state index contributed by atoms with van der Waals surface area (Å²) in [6.45, 7) is 1.78. The van der Waals surface area contributed by atoms with Crippen LogP contribution in [0.15, 0.2) is 22.9 Å². The number of carbonyl (C=O) groups is 2. The van der Waals surface area contributed by atoms with Crippen molar-refractivity contribution in [3.8, 4) is 9.88 Å². The molecule has 0 saturated heterocycles. The molecular formula is C13H13NO3S2. The maximum Gasteiger partial charge on any atom is 0.357 e. The fourth-order valence-electron chi connectivity index (χ4n) is 1.44. The van der Waals surface area contributed by atoms with E-state index < -0.39 is 5.97 Å². The third-order valence-corrected chi connectivity index (χ3v) is 4.23. The van der Waals surface area contributed by atoms with Gasteiger partial charge in [-0.2, -0.15) is 0 Å². The molecule has 100 valence electrons. The van der Waals surface area contributed by atoms with E-state index in [9.17, 15) is 9.59 Å². The molecule has 0 fully saturated rings. The van der Waals surface area contributed by atoms with Gasteiger partial charge in [0.05, 0.1) is 11.5 Å². The van der Waals surface area contributed by atoms with Crippen LogP contribution in [-0.2, 0) is 9.53 Å². The van der Waals surface area contributed by atoms with Crippen molar-refractivity contribution in [3.63, 3.8) is 0 Å². The number of aromatic nitrogens is 1. The molecule has 0 radical (unpaired) electrons. The van der Waals surface area contributed by atoms with Gasteiger partial charge in [0.2, 0.25) is 0 Å². The molecule has 0 N–H and O–H groups in total. The van der Waals surface area contributed by atoms with Crippen LogP contribution >= 0.6 is 22.7 Å². The largest absolute Gasteiger partial charge is 0.461 e. The number of ether oxygens (including phenoxy) is 1. The zero-order valence-corrected chi connectivity index (χ0v) is 12.1. The lowest BCUT2D eigenvalue weighted by Gasteiger charge is -2.00. The highest BCUT2D eigenvalue weighted by Gasteiger charge is 2.13. The Bertz CT molecular complexity index is 560. The van der Waals surface area contributed by atoms with Gasteiger partial charge in [0.25, 0.3) is 0 Å². The summed E-state index contributed by atoms with van der Waals surface area (Å²) in [7, 11) is 0. The lowest BCUT2D eigenvalue weighted by molar-refractivity contribution is -0.117. The summed E-state index contributed by atoms with van der Waals surface area (Å²) in [5.41, 5.74) is 0.330. The lowest BCUT2D eigenvalue weighted by atomic mass is 10.2. The molecular weight excluding hydrogens is 282 g/mol. The molecule has 2 aromatic rings. The van der Waals surface area contributed by atoms with E-state index in [4.69, 9.17) is 4.74 Å². The standard InChI is InChI=1S/C13H13NO3S2/c1-9(15)4-2-6-17-13(16)10-8-19-12(14-10)11-5-3-7-18-11/h3,5,7-8H,2,4,6H2,1H3. The number of esters is 1. The number of thiophene rings is 1. The van der Waals surface area contributed by atoms with Crippen LogP contribution in [0.5, 0.6) is 0 Å². The van der Waals surface area contributed by atoms with E-state index in [2.05, 4.69) is 4.98 Å². The minimum atomic E-state index is -0.428. The molecule has 0 aliphatic heterocycles. The minimum Gasteiger partial charge on any atom is -0.461 e. The van der Waals surface area contributed by atoms with Gasteiger partial charge in [-0.25, -0.2) is 9.78 Å². The first kappa shape index (κ1) is 13.9. The number of hydrogen-bond acceptors (Lipinski definition) is 6. The van der Waals surface area contributed by atoms with E-state index >= 15 is 0 Å². The Labute approximate surface area is 119 Å². The summed E-state index contributed by atoms with van der Waals surface area (Å²) in [5.74, 6) is -0.327. The quantitative estimate of drug-likeness (QED) is 0.605. The normalized spacial score (nSPS) is 10.4. The monoisotopic (exact) mass is 295 g/mol. The Morgan fingerprint density at radius 1 is 1.37 bits per heavy atom. The number of nitrogens with zero attached hydrogens (tertiary/aromatic N) is 1. The zero-order valence-electron chi connectivity index (χ0n) is 10.4. The highest BCUT2D eigenvalue weighted by molar-refractivity contribution is 7.20. The first-order valence-corrected chi connectivity index (χ1v) is 7.58. The van der Waals surface area contributed by atoms with Gasteiger partial charge in [0.1, 0.15) is 10.8 Å². The zero-order chi connectivity index (χ0) is 13.7. The maximum absolute atomic E-state index is 11.7. The molecule has 0 aliphatic carbocycles. The van der Waals surface area contributed by atoms with Crippen molar-refractivity contribution in [2.75, 3.05) is 6.61 Å². The summed E-state index contributed by atoms with van der Waals surface area (Å²) in [6, 6.07) is 3.91. The van der Waals surface area contributed by atoms with Crippen LogP contribution in [0, 0.1) is 0 Å². The molecule has 0 unspecified atom stereocenters. The molecule has 0 bridgehead atoms. The van der Waals surface area contributed by atoms with Crippen LogP contribution in [0.3, 0.4) is 0 Å². The van der Waals surface area contributed by atoms with Gasteiger partial charge in [-0.05, 0) is 24.8 Å². The molecule has 6 heteroatoms. The van der Waals surface area contributed by atoms with E-state index in [1.807, 2.05) is 17.5 Å². The van der Waals surface area contributed by atoms with Crippen molar-refractivity contribution in [1.82, 2.24) is 4.98 Å². The van der Waals surface area contributed by atoms with Crippen LogP contribution in [-0.4, -0.2) is 23.3 Å². The number of hydrogen-bond donors (Lipinski definition) is 0. The molecule has 19 heavy (non-hydrogen) atoms. The second kappa shape index (κ2) is 6.58. The van der Waals surface area contributed by atoms with E-state index in [1.54, 1.807) is 16.7 Å². The number of thiazole rings is 1. The van der Waals surface area contributed by atoms with Crippen LogP contribution in [0.4, 0.5) is 0 Å². The van der Waals surface area contributed by atoms with Gasteiger partial charge < -0.3 is 9.53 Å². The van der Waals surface area contributed by atoms with E-state index in [-0.39, 0.29) is 12.4 Å². The predicted molar refractivity (Wildman–Crippen MR) is 75.6 cm³/mol. The van der Waals surface area contributed by atoms with Crippen molar-refractivity contribution in [2.24, 2.45) is 0 Å². The highest BCUT2D eigenvalue weighted by Crippen LogP contribution is 2.27. The van der Waals surface area contributed by atoms with Crippen molar-refractivity contribution >= 4 is 34.4 Å². The van der Waals surface area contributed by atoms with Crippen molar-refractivity contribution in [1.29, 1.82) is 0 Å². The summed E-state index contributed by atoms with van der Waals surface area (Å²) >= 11 is 3.01. The Morgan fingerprint density at radius 3 is 2.89 bits per heavy atom. The average molecular weight is 295 g/mol. The summed E-state index contributed by atoms with van der Waals surface area (Å²) in [5, 5.41) is 4.49. The molecule has 0 amide bonds. The Hall–Kier alpha value is -1.53. The van der Waals surface area contributed by atoms with Crippen molar-refractivity contribution in [2.45, 2.75) is 19.8 Å². The third kappa shape index (κ3) is 3.97. The lowest BCUT2D eigenvalue weighted by Crippen LogP contribution is -2.07. The third-order valence-electron chi connectivity index (χ3n) is 2.35. The Kier molecular flexibility index (Phi) is 4.81. The summed E-state index contributed by atoms with van der Waals surface area (Å²) < 4.78 is 5.07. The van der Waals surface area contributed by atoms with Crippen LogP contribution in [0.2, 0.25) is 0 Å². The molecule has 2 rings (SSSR count). The smallest absolute Gasteiger partial charge is 0.357 e. The topological polar surface area (TPSA) is 56.3 Å². The number of Topliss-reactive ketones (excluding diaryl/α,β-unsaturated/α-hetero) is 1. The molecule has 4 nitrogen and oxygen atoms in total. The molecule has 0 aliphatic rings. The van der Waals surface area contributed by atoms with Crippen molar-refractivity contribution < 1.29 is 14.3 Å². The SMILES string of the molecule is CC(=O)CCCOC(=O)c1csc(-c2cccs2)n1. The fourth-order valence-corrected chi connectivity index (χ4v) is 3.04. The van der Waals surface area contributed by atoms with Gasteiger partial charge in [0.15, 0.2) is 5.69 Å². The van der Waals surface area contributed by atoms with Gasteiger partial charge in [0, 0.05) is 11.8 Å². The Morgan fingerprint density at radius 2 is 2.21 bits per heavy atom. The second-order valence-electron chi connectivity index (χ2n) is 3.96. The second-order valence-corrected chi connectivity index (χ2v) is 5.76. The van der Waals surface area contributed by atoms with E-state index in [0.29, 0.717) is 18.5 Å². The summed E-state index contributed by atoms with van der Waals surface area (Å²) in [4.78, 5) is 27.8. The van der Waals surface area contributed by atoms with E-state index in [1.165, 1.54) is 18.3 Å². The maximum atomic E-state index is 11.7.